The van der Waals surface area contributed by atoms with E-state index in [4.69, 9.17) is 9.51 Å². The molecule has 0 fully saturated rings. The van der Waals surface area contributed by atoms with Gasteiger partial charge in [-0.25, -0.2) is 4.98 Å². The van der Waals surface area contributed by atoms with E-state index in [2.05, 4.69) is 10.5 Å². The SMILES string of the molecule is Cc1cc(C(=O)N[C@H](c2ccccc2)c2nc3ccccc3n2C)no1. The quantitative estimate of drug-likeness (QED) is 0.615. The first-order chi connectivity index (χ1) is 12.6. The van der Waals surface area contributed by atoms with Gasteiger partial charge in [-0.3, -0.25) is 4.79 Å². The minimum Gasteiger partial charge on any atom is -0.361 e. The fraction of sp³-hybridized carbons (Fsp3) is 0.150. The molecule has 1 N–H and O–H groups in total. The predicted octanol–water partition coefficient (Wildman–Crippen LogP) is 3.39. The summed E-state index contributed by atoms with van der Waals surface area (Å²) in [5.41, 5.74) is 3.09. The molecule has 0 aliphatic rings. The van der Waals surface area contributed by atoms with E-state index in [9.17, 15) is 4.79 Å². The Labute approximate surface area is 150 Å². The van der Waals surface area contributed by atoms with Crippen LogP contribution in [0.25, 0.3) is 11.0 Å². The smallest absolute Gasteiger partial charge is 0.274 e. The molecule has 0 aliphatic carbocycles. The Balaban J connectivity index is 1.78. The van der Waals surface area contributed by atoms with Gasteiger partial charge in [0.15, 0.2) is 5.69 Å². The van der Waals surface area contributed by atoms with Crippen molar-refractivity contribution in [2.45, 2.75) is 13.0 Å². The van der Waals surface area contributed by atoms with Gasteiger partial charge in [0.2, 0.25) is 0 Å². The van der Waals surface area contributed by atoms with Crippen molar-refractivity contribution in [3.8, 4) is 0 Å². The highest BCUT2D eigenvalue weighted by Crippen LogP contribution is 2.25. The minimum absolute atomic E-state index is 0.252. The number of para-hydroxylation sites is 2. The lowest BCUT2D eigenvalue weighted by molar-refractivity contribution is 0.0932. The van der Waals surface area contributed by atoms with Crippen LogP contribution in [-0.2, 0) is 7.05 Å². The van der Waals surface area contributed by atoms with Crippen molar-refractivity contribution in [2.24, 2.45) is 7.05 Å². The molecule has 0 saturated carbocycles. The third kappa shape index (κ3) is 2.86. The Morgan fingerprint density at radius 1 is 1.12 bits per heavy atom. The number of benzene rings is 2. The van der Waals surface area contributed by atoms with Gasteiger partial charge in [-0.2, -0.15) is 0 Å². The highest BCUT2D eigenvalue weighted by atomic mass is 16.5. The van der Waals surface area contributed by atoms with E-state index >= 15 is 0 Å². The zero-order valence-electron chi connectivity index (χ0n) is 14.5. The molecule has 0 unspecified atom stereocenters. The number of carbonyl (C=O) groups excluding carboxylic acids is 1. The molecule has 0 saturated heterocycles. The molecule has 6 heteroatoms. The summed E-state index contributed by atoms with van der Waals surface area (Å²) in [6, 6.07) is 18.9. The topological polar surface area (TPSA) is 73.0 Å². The van der Waals surface area contributed by atoms with Crippen LogP contribution in [0.1, 0.15) is 33.7 Å². The number of aromatic nitrogens is 3. The van der Waals surface area contributed by atoms with E-state index in [1.54, 1.807) is 13.0 Å². The molecule has 2 aromatic heterocycles. The molecule has 4 aromatic rings. The van der Waals surface area contributed by atoms with Gasteiger partial charge in [-0.15, -0.1) is 0 Å². The first kappa shape index (κ1) is 16.1. The second kappa shape index (κ2) is 6.48. The lowest BCUT2D eigenvalue weighted by Gasteiger charge is -2.18. The molecule has 2 heterocycles. The summed E-state index contributed by atoms with van der Waals surface area (Å²) in [7, 11) is 1.95. The molecule has 4 rings (SSSR count). The zero-order valence-corrected chi connectivity index (χ0v) is 14.5. The average Bonchev–Trinajstić information content (AvgIpc) is 3.24. The summed E-state index contributed by atoms with van der Waals surface area (Å²) in [4.78, 5) is 17.4. The number of imidazole rings is 1. The van der Waals surface area contributed by atoms with Gasteiger partial charge >= 0.3 is 0 Å². The van der Waals surface area contributed by atoms with E-state index < -0.39 is 6.04 Å². The largest absolute Gasteiger partial charge is 0.361 e. The van der Waals surface area contributed by atoms with Gasteiger partial charge in [0, 0.05) is 13.1 Å². The summed E-state index contributed by atoms with van der Waals surface area (Å²) >= 11 is 0. The fourth-order valence-corrected chi connectivity index (χ4v) is 3.04. The van der Waals surface area contributed by atoms with E-state index in [0.717, 1.165) is 22.4 Å². The van der Waals surface area contributed by atoms with Crippen LogP contribution in [0.3, 0.4) is 0 Å². The molecule has 1 amide bonds. The monoisotopic (exact) mass is 346 g/mol. The normalized spacial score (nSPS) is 12.2. The Morgan fingerprint density at radius 3 is 2.54 bits per heavy atom. The number of amides is 1. The van der Waals surface area contributed by atoms with Crippen molar-refractivity contribution in [1.82, 2.24) is 20.0 Å². The Bertz CT molecular complexity index is 1070. The van der Waals surface area contributed by atoms with Crippen LogP contribution in [0.2, 0.25) is 0 Å². The number of hydrogen-bond donors (Lipinski definition) is 1. The van der Waals surface area contributed by atoms with Gasteiger partial charge in [-0.1, -0.05) is 47.6 Å². The molecule has 0 aliphatic heterocycles. The fourth-order valence-electron chi connectivity index (χ4n) is 3.04. The lowest BCUT2D eigenvalue weighted by Crippen LogP contribution is -2.31. The predicted molar refractivity (Wildman–Crippen MR) is 97.7 cm³/mol. The van der Waals surface area contributed by atoms with Crippen molar-refractivity contribution in [1.29, 1.82) is 0 Å². The van der Waals surface area contributed by atoms with Gasteiger partial charge in [0.25, 0.3) is 5.91 Å². The van der Waals surface area contributed by atoms with E-state index in [1.165, 1.54) is 0 Å². The Hall–Kier alpha value is -3.41. The second-order valence-corrected chi connectivity index (χ2v) is 6.16. The van der Waals surface area contributed by atoms with Gasteiger partial charge in [-0.05, 0) is 24.6 Å². The number of nitrogens with one attached hydrogen (secondary N) is 1. The summed E-state index contributed by atoms with van der Waals surface area (Å²) in [5, 5.41) is 6.84. The maximum Gasteiger partial charge on any atom is 0.274 e. The molecule has 1 atom stereocenters. The maximum absolute atomic E-state index is 12.7. The third-order valence-corrected chi connectivity index (χ3v) is 4.35. The molecular weight excluding hydrogens is 328 g/mol. The van der Waals surface area contributed by atoms with Gasteiger partial charge in [0.05, 0.1) is 11.0 Å². The average molecular weight is 346 g/mol. The minimum atomic E-state index is -0.405. The van der Waals surface area contributed by atoms with Crippen LogP contribution >= 0.6 is 0 Å². The maximum atomic E-state index is 12.7. The Kier molecular flexibility index (Phi) is 4.01. The summed E-state index contributed by atoms with van der Waals surface area (Å²) in [6.45, 7) is 1.75. The van der Waals surface area contributed by atoms with Crippen molar-refractivity contribution >= 4 is 16.9 Å². The van der Waals surface area contributed by atoms with Crippen molar-refractivity contribution in [3.05, 3.63) is 83.5 Å². The number of fused-ring (bicyclic) bond motifs is 1. The molecule has 2 aromatic carbocycles. The first-order valence-corrected chi connectivity index (χ1v) is 8.34. The number of aryl methyl sites for hydroxylation is 2. The molecule has 0 spiro atoms. The van der Waals surface area contributed by atoms with Crippen molar-refractivity contribution < 1.29 is 9.32 Å². The molecule has 6 nitrogen and oxygen atoms in total. The zero-order chi connectivity index (χ0) is 18.1. The number of hydrogen-bond acceptors (Lipinski definition) is 4. The number of nitrogens with zero attached hydrogens (tertiary/aromatic N) is 3. The summed E-state index contributed by atoms with van der Waals surface area (Å²) < 4.78 is 7.02. The van der Waals surface area contributed by atoms with Crippen LogP contribution in [0.4, 0.5) is 0 Å². The third-order valence-electron chi connectivity index (χ3n) is 4.35. The Morgan fingerprint density at radius 2 is 1.85 bits per heavy atom. The van der Waals surface area contributed by atoms with Crippen LogP contribution in [0.15, 0.2) is 65.2 Å². The van der Waals surface area contributed by atoms with Crippen molar-refractivity contribution in [3.63, 3.8) is 0 Å². The molecule has 0 bridgehead atoms. The van der Waals surface area contributed by atoms with Crippen LogP contribution in [-0.4, -0.2) is 20.6 Å². The molecular formula is C20H18N4O2. The van der Waals surface area contributed by atoms with Crippen LogP contribution < -0.4 is 5.32 Å². The van der Waals surface area contributed by atoms with Crippen LogP contribution in [0.5, 0.6) is 0 Å². The summed E-state index contributed by atoms with van der Waals surface area (Å²) in [6.07, 6.45) is 0. The highest BCUT2D eigenvalue weighted by molar-refractivity contribution is 5.92. The van der Waals surface area contributed by atoms with E-state index in [0.29, 0.717) is 5.76 Å². The van der Waals surface area contributed by atoms with E-state index in [1.807, 2.05) is 66.2 Å². The second-order valence-electron chi connectivity index (χ2n) is 6.16. The van der Waals surface area contributed by atoms with Crippen molar-refractivity contribution in [2.75, 3.05) is 0 Å². The molecule has 130 valence electrons. The standard InChI is InChI=1S/C20H18N4O2/c1-13-12-16(23-26-13)20(25)22-18(14-8-4-3-5-9-14)19-21-15-10-6-7-11-17(15)24(19)2/h3-12,18H,1-2H3,(H,22,25)/t18-/m1/s1. The van der Waals surface area contributed by atoms with E-state index in [-0.39, 0.29) is 11.6 Å². The molecule has 0 radical (unpaired) electrons. The number of rotatable bonds is 4. The van der Waals surface area contributed by atoms with Gasteiger partial charge < -0.3 is 14.4 Å². The highest BCUT2D eigenvalue weighted by Gasteiger charge is 2.24. The summed E-state index contributed by atoms with van der Waals surface area (Å²) in [5.74, 6) is 1.04. The first-order valence-electron chi connectivity index (χ1n) is 8.34. The number of carbonyl (C=O) groups is 1. The van der Waals surface area contributed by atoms with Gasteiger partial charge in [0.1, 0.15) is 17.6 Å². The lowest BCUT2D eigenvalue weighted by atomic mass is 10.1. The van der Waals surface area contributed by atoms with Crippen LogP contribution in [0, 0.1) is 6.92 Å². The molecule has 26 heavy (non-hydrogen) atoms.